The summed E-state index contributed by atoms with van der Waals surface area (Å²) < 4.78 is 5.37. The molecule has 1 aromatic rings. The van der Waals surface area contributed by atoms with Crippen LogP contribution in [-0.2, 0) is 14.9 Å². The Balaban J connectivity index is 1.50. The SMILES string of the molecule is CC(C)(C)c1csc(NC(=O)CN2C[C@H](O)[C@@H](N3CCOCC3)C2)n1. The lowest BCUT2D eigenvalue weighted by Crippen LogP contribution is -2.49. The highest BCUT2D eigenvalue weighted by Crippen LogP contribution is 2.26. The zero-order valence-electron chi connectivity index (χ0n) is 15.2. The number of β-amino-alcohol motifs (C(OH)–C–C–N with tert-alkyl or cyclic N) is 1. The molecule has 2 aliphatic rings. The fourth-order valence-corrected chi connectivity index (χ4v) is 4.23. The first kappa shape index (κ1) is 18.7. The fourth-order valence-electron chi connectivity index (χ4n) is 3.28. The number of hydrogen-bond donors (Lipinski definition) is 2. The molecule has 0 unspecified atom stereocenters. The van der Waals surface area contributed by atoms with Crippen molar-refractivity contribution in [3.63, 3.8) is 0 Å². The highest BCUT2D eigenvalue weighted by molar-refractivity contribution is 7.13. The van der Waals surface area contributed by atoms with Crippen LogP contribution in [0.25, 0.3) is 0 Å². The number of carbonyl (C=O) groups excluding carboxylic acids is 1. The van der Waals surface area contributed by atoms with Gasteiger partial charge in [0.1, 0.15) is 0 Å². The number of morpholine rings is 1. The minimum atomic E-state index is -0.418. The lowest BCUT2D eigenvalue weighted by atomic mass is 9.93. The molecular weight excluding hydrogens is 340 g/mol. The molecule has 0 saturated carbocycles. The number of likely N-dealkylation sites (tertiary alicyclic amines) is 1. The van der Waals surface area contributed by atoms with Crippen LogP contribution in [0.1, 0.15) is 26.5 Å². The first-order chi connectivity index (χ1) is 11.8. The standard InChI is InChI=1S/C17H28N4O3S/c1-17(2,3)14-11-25-16(18-14)19-15(23)10-20-8-12(13(22)9-20)21-4-6-24-7-5-21/h11-13,22H,4-10H2,1-3H3,(H,18,19,23)/t12-,13-/m0/s1. The Morgan fingerprint density at radius 1 is 1.40 bits per heavy atom. The van der Waals surface area contributed by atoms with E-state index in [1.54, 1.807) is 0 Å². The van der Waals surface area contributed by atoms with E-state index in [9.17, 15) is 9.90 Å². The van der Waals surface area contributed by atoms with Crippen molar-refractivity contribution in [1.82, 2.24) is 14.8 Å². The van der Waals surface area contributed by atoms with Crippen LogP contribution in [-0.4, -0.2) is 83.9 Å². The van der Waals surface area contributed by atoms with Crippen LogP contribution in [0.3, 0.4) is 0 Å². The van der Waals surface area contributed by atoms with Crippen molar-refractivity contribution in [1.29, 1.82) is 0 Å². The molecular formula is C17H28N4O3S. The van der Waals surface area contributed by atoms with Crippen molar-refractivity contribution in [2.45, 2.75) is 38.3 Å². The second-order valence-electron chi connectivity index (χ2n) is 7.81. The van der Waals surface area contributed by atoms with Crippen LogP contribution in [0, 0.1) is 0 Å². The summed E-state index contributed by atoms with van der Waals surface area (Å²) >= 11 is 1.45. The minimum Gasteiger partial charge on any atom is -0.390 e. The number of anilines is 1. The molecule has 2 aliphatic heterocycles. The van der Waals surface area contributed by atoms with Gasteiger partial charge in [0.2, 0.25) is 5.91 Å². The van der Waals surface area contributed by atoms with E-state index >= 15 is 0 Å². The smallest absolute Gasteiger partial charge is 0.240 e. The van der Waals surface area contributed by atoms with Crippen molar-refractivity contribution in [2.24, 2.45) is 0 Å². The van der Waals surface area contributed by atoms with Crippen LogP contribution < -0.4 is 5.32 Å². The van der Waals surface area contributed by atoms with Crippen molar-refractivity contribution in [2.75, 3.05) is 51.3 Å². The van der Waals surface area contributed by atoms with Gasteiger partial charge >= 0.3 is 0 Å². The predicted octanol–water partition coefficient (Wildman–Crippen LogP) is 0.756. The van der Waals surface area contributed by atoms with Gasteiger partial charge in [-0.15, -0.1) is 11.3 Å². The fraction of sp³-hybridized carbons (Fsp3) is 0.765. The first-order valence-corrected chi connectivity index (χ1v) is 9.69. The average molecular weight is 369 g/mol. The molecule has 25 heavy (non-hydrogen) atoms. The molecule has 140 valence electrons. The first-order valence-electron chi connectivity index (χ1n) is 8.81. The lowest BCUT2D eigenvalue weighted by Gasteiger charge is -2.33. The molecule has 3 rings (SSSR count). The van der Waals surface area contributed by atoms with E-state index in [4.69, 9.17) is 4.74 Å². The monoisotopic (exact) mass is 368 g/mol. The molecule has 1 amide bonds. The third kappa shape index (κ3) is 4.77. The van der Waals surface area contributed by atoms with Gasteiger partial charge in [0.15, 0.2) is 5.13 Å². The lowest BCUT2D eigenvalue weighted by molar-refractivity contribution is -0.117. The summed E-state index contributed by atoms with van der Waals surface area (Å²) in [6, 6.07) is 0.0871. The number of rotatable bonds is 4. The molecule has 2 atom stereocenters. The Bertz CT molecular complexity index is 595. The van der Waals surface area contributed by atoms with Gasteiger partial charge in [0, 0.05) is 43.0 Å². The summed E-state index contributed by atoms with van der Waals surface area (Å²) in [7, 11) is 0. The van der Waals surface area contributed by atoms with Crippen molar-refractivity contribution in [3.8, 4) is 0 Å². The van der Waals surface area contributed by atoms with Gasteiger partial charge in [0.05, 0.1) is 31.6 Å². The van der Waals surface area contributed by atoms with Crippen LogP contribution >= 0.6 is 11.3 Å². The van der Waals surface area contributed by atoms with E-state index in [0.717, 1.165) is 18.8 Å². The maximum Gasteiger partial charge on any atom is 0.240 e. The van der Waals surface area contributed by atoms with Gasteiger partial charge in [-0.2, -0.15) is 0 Å². The Kier molecular flexibility index (Phi) is 5.75. The third-order valence-corrected chi connectivity index (χ3v) is 5.49. The Hall–Kier alpha value is -1.06. The van der Waals surface area contributed by atoms with Crippen LogP contribution in [0.4, 0.5) is 5.13 Å². The summed E-state index contributed by atoms with van der Waals surface area (Å²) in [5.74, 6) is -0.0790. The molecule has 0 aliphatic carbocycles. The maximum atomic E-state index is 12.3. The number of nitrogens with zero attached hydrogens (tertiary/aromatic N) is 3. The minimum absolute atomic E-state index is 0.0239. The maximum absolute atomic E-state index is 12.3. The zero-order chi connectivity index (χ0) is 18.0. The third-order valence-electron chi connectivity index (χ3n) is 4.74. The average Bonchev–Trinajstić information content (AvgIpc) is 3.14. The van der Waals surface area contributed by atoms with Gasteiger partial charge in [0.25, 0.3) is 0 Å². The molecule has 0 spiro atoms. The van der Waals surface area contributed by atoms with Gasteiger partial charge in [-0.25, -0.2) is 4.98 Å². The number of aliphatic hydroxyl groups is 1. The Morgan fingerprint density at radius 2 is 2.12 bits per heavy atom. The van der Waals surface area contributed by atoms with Gasteiger partial charge < -0.3 is 15.2 Å². The molecule has 3 heterocycles. The number of amides is 1. The molecule has 8 heteroatoms. The van der Waals surface area contributed by atoms with E-state index < -0.39 is 6.10 Å². The second-order valence-corrected chi connectivity index (χ2v) is 8.67. The summed E-state index contributed by atoms with van der Waals surface area (Å²) in [6.45, 7) is 10.9. The molecule has 1 aromatic heterocycles. The zero-order valence-corrected chi connectivity index (χ0v) is 16.0. The molecule has 0 aromatic carbocycles. The summed E-state index contributed by atoms with van der Waals surface area (Å²) in [5.41, 5.74) is 0.959. The Morgan fingerprint density at radius 3 is 2.76 bits per heavy atom. The molecule has 2 saturated heterocycles. The summed E-state index contributed by atoms with van der Waals surface area (Å²) in [6.07, 6.45) is -0.418. The van der Waals surface area contributed by atoms with Crippen molar-refractivity contribution in [3.05, 3.63) is 11.1 Å². The van der Waals surface area contributed by atoms with Gasteiger partial charge in [-0.05, 0) is 0 Å². The van der Waals surface area contributed by atoms with Crippen molar-refractivity contribution >= 4 is 22.4 Å². The Labute approximate surface area is 153 Å². The number of aliphatic hydroxyl groups excluding tert-OH is 1. The molecule has 2 fully saturated rings. The summed E-state index contributed by atoms with van der Waals surface area (Å²) in [5, 5.41) is 15.9. The number of aromatic nitrogens is 1. The highest BCUT2D eigenvalue weighted by Gasteiger charge is 2.36. The highest BCUT2D eigenvalue weighted by atomic mass is 32.1. The molecule has 7 nitrogen and oxygen atoms in total. The van der Waals surface area contributed by atoms with Crippen LogP contribution in [0.2, 0.25) is 0 Å². The van der Waals surface area contributed by atoms with Gasteiger partial charge in [-0.3, -0.25) is 14.6 Å². The van der Waals surface area contributed by atoms with Crippen LogP contribution in [0.15, 0.2) is 5.38 Å². The topological polar surface area (TPSA) is 77.9 Å². The number of hydrogen-bond acceptors (Lipinski definition) is 7. The van der Waals surface area contributed by atoms with E-state index in [2.05, 4.69) is 36.0 Å². The van der Waals surface area contributed by atoms with Crippen LogP contribution in [0.5, 0.6) is 0 Å². The number of thiazole rings is 1. The van der Waals surface area contributed by atoms with E-state index in [1.807, 2.05) is 10.3 Å². The van der Waals surface area contributed by atoms with E-state index in [0.29, 0.717) is 31.4 Å². The molecule has 0 bridgehead atoms. The normalized spacial score (nSPS) is 26.1. The number of ether oxygens (including phenoxy) is 1. The largest absolute Gasteiger partial charge is 0.390 e. The number of nitrogens with one attached hydrogen (secondary N) is 1. The molecule has 2 N–H and O–H groups in total. The van der Waals surface area contributed by atoms with E-state index in [-0.39, 0.29) is 23.9 Å². The molecule has 0 radical (unpaired) electrons. The summed E-state index contributed by atoms with van der Waals surface area (Å²) in [4.78, 5) is 21.1. The quantitative estimate of drug-likeness (QED) is 0.817. The predicted molar refractivity (Wildman–Crippen MR) is 98.1 cm³/mol. The van der Waals surface area contributed by atoms with E-state index in [1.165, 1.54) is 11.3 Å². The van der Waals surface area contributed by atoms with Crippen molar-refractivity contribution < 1.29 is 14.6 Å². The second kappa shape index (κ2) is 7.67. The number of carbonyl (C=O) groups is 1. The van der Waals surface area contributed by atoms with Gasteiger partial charge in [-0.1, -0.05) is 20.8 Å².